The van der Waals surface area contributed by atoms with E-state index in [-0.39, 0.29) is 10.8 Å². The summed E-state index contributed by atoms with van der Waals surface area (Å²) < 4.78 is 4.82. The molecule has 0 spiro atoms. The monoisotopic (exact) mass is 418 g/mol. The Morgan fingerprint density at radius 2 is 1.84 bits per heavy atom. The van der Waals surface area contributed by atoms with Gasteiger partial charge >= 0.3 is 5.97 Å². The van der Waals surface area contributed by atoms with Gasteiger partial charge in [-0.3, -0.25) is 4.79 Å². The number of amides is 1. The van der Waals surface area contributed by atoms with Crippen molar-refractivity contribution in [3.05, 3.63) is 62.2 Å². The van der Waals surface area contributed by atoms with Gasteiger partial charge in [0.1, 0.15) is 0 Å². The number of pyridine rings is 1. The molecular weight excluding hydrogens is 410 g/mol. The van der Waals surface area contributed by atoms with Gasteiger partial charge in [0.15, 0.2) is 12.4 Å². The minimum Gasteiger partial charge on any atom is -0.452 e. The second-order valence-electron chi connectivity index (χ2n) is 4.65. The molecule has 0 aliphatic carbocycles. The molecule has 0 radical (unpaired) electrons. The van der Waals surface area contributed by atoms with E-state index in [1.54, 1.807) is 18.2 Å². The Balaban J connectivity index is 1.85. The SMILES string of the molecule is O=C(COC(=O)C=Cc1ccc(Cl)c(Cl)c1)Nc1ncc(Cl)cc1Cl. The maximum absolute atomic E-state index is 11.7. The molecule has 0 aliphatic heterocycles. The third-order valence-corrected chi connectivity index (χ3v) is 4.00. The van der Waals surface area contributed by atoms with E-state index in [4.69, 9.17) is 51.1 Å². The van der Waals surface area contributed by atoms with E-state index in [9.17, 15) is 9.59 Å². The Labute approximate surface area is 163 Å². The predicted molar refractivity (Wildman–Crippen MR) is 99.3 cm³/mol. The molecule has 0 saturated carbocycles. The lowest BCUT2D eigenvalue weighted by molar-refractivity contribution is -0.142. The van der Waals surface area contributed by atoms with Crippen molar-refractivity contribution in [3.8, 4) is 0 Å². The highest BCUT2D eigenvalue weighted by Gasteiger charge is 2.09. The smallest absolute Gasteiger partial charge is 0.331 e. The lowest BCUT2D eigenvalue weighted by atomic mass is 10.2. The summed E-state index contributed by atoms with van der Waals surface area (Å²) in [6, 6.07) is 6.30. The number of hydrogen-bond donors (Lipinski definition) is 1. The van der Waals surface area contributed by atoms with Crippen LogP contribution in [0.25, 0.3) is 6.08 Å². The molecule has 1 heterocycles. The van der Waals surface area contributed by atoms with Crippen molar-refractivity contribution in [2.24, 2.45) is 0 Å². The molecule has 0 aliphatic rings. The van der Waals surface area contributed by atoms with Crippen molar-refractivity contribution >= 4 is 70.2 Å². The van der Waals surface area contributed by atoms with Crippen LogP contribution in [0, 0.1) is 0 Å². The number of nitrogens with zero attached hydrogens (tertiary/aromatic N) is 1. The summed E-state index contributed by atoms with van der Waals surface area (Å²) >= 11 is 23.3. The van der Waals surface area contributed by atoms with Gasteiger partial charge in [-0.05, 0) is 29.8 Å². The van der Waals surface area contributed by atoms with Crippen molar-refractivity contribution < 1.29 is 14.3 Å². The first-order valence-corrected chi connectivity index (χ1v) is 8.27. The first-order chi connectivity index (χ1) is 11.8. The highest BCUT2D eigenvalue weighted by atomic mass is 35.5. The van der Waals surface area contributed by atoms with Gasteiger partial charge in [-0.1, -0.05) is 52.5 Å². The Kier molecular flexibility index (Phi) is 7.08. The summed E-state index contributed by atoms with van der Waals surface area (Å²) in [5, 5.41) is 3.69. The first kappa shape index (κ1) is 19.5. The number of benzene rings is 1. The molecule has 1 amide bonds. The molecule has 2 rings (SSSR count). The summed E-state index contributed by atoms with van der Waals surface area (Å²) in [5.41, 5.74) is 0.660. The van der Waals surface area contributed by atoms with Crippen LogP contribution in [0.2, 0.25) is 20.1 Å². The fourth-order valence-corrected chi connectivity index (χ4v) is 2.37. The van der Waals surface area contributed by atoms with Gasteiger partial charge in [-0.15, -0.1) is 0 Å². The molecule has 0 unspecified atom stereocenters. The molecule has 0 saturated heterocycles. The number of aromatic nitrogens is 1. The van der Waals surface area contributed by atoms with Gasteiger partial charge in [0, 0.05) is 12.3 Å². The summed E-state index contributed by atoms with van der Waals surface area (Å²) in [6.45, 7) is -0.495. The maximum Gasteiger partial charge on any atom is 0.331 e. The van der Waals surface area contributed by atoms with Crippen molar-refractivity contribution in [2.45, 2.75) is 0 Å². The standard InChI is InChI=1S/C16H10Cl4N2O3/c17-10-6-13(20)16(21-7-10)22-14(23)8-25-15(24)4-2-9-1-3-11(18)12(19)5-9/h1-7H,8H2,(H,21,22,23). The highest BCUT2D eigenvalue weighted by Crippen LogP contribution is 2.23. The van der Waals surface area contributed by atoms with Crippen LogP contribution in [0.5, 0.6) is 0 Å². The van der Waals surface area contributed by atoms with Crippen molar-refractivity contribution in [2.75, 3.05) is 11.9 Å². The lowest BCUT2D eigenvalue weighted by Gasteiger charge is -2.06. The van der Waals surface area contributed by atoms with E-state index < -0.39 is 18.5 Å². The largest absolute Gasteiger partial charge is 0.452 e. The van der Waals surface area contributed by atoms with E-state index in [1.165, 1.54) is 24.4 Å². The fraction of sp³-hybridized carbons (Fsp3) is 0.0625. The molecular formula is C16H10Cl4N2O3. The van der Waals surface area contributed by atoms with Crippen molar-refractivity contribution in [1.82, 2.24) is 4.98 Å². The fourth-order valence-electron chi connectivity index (χ4n) is 1.64. The summed E-state index contributed by atoms with van der Waals surface area (Å²) in [4.78, 5) is 27.2. The third kappa shape index (κ3) is 6.21. The zero-order valence-corrected chi connectivity index (χ0v) is 15.5. The van der Waals surface area contributed by atoms with E-state index in [1.807, 2.05) is 0 Å². The third-order valence-electron chi connectivity index (χ3n) is 2.77. The molecule has 1 aromatic heterocycles. The van der Waals surface area contributed by atoms with E-state index in [2.05, 4.69) is 10.3 Å². The Hall–Kier alpha value is -1.79. The molecule has 1 aromatic carbocycles. The second-order valence-corrected chi connectivity index (χ2v) is 6.30. The van der Waals surface area contributed by atoms with Crippen LogP contribution in [0.1, 0.15) is 5.56 Å². The maximum atomic E-state index is 11.7. The number of ether oxygens (including phenoxy) is 1. The number of halogens is 4. The van der Waals surface area contributed by atoms with Gasteiger partial charge in [-0.25, -0.2) is 9.78 Å². The molecule has 1 N–H and O–H groups in total. The molecule has 130 valence electrons. The number of rotatable bonds is 5. The van der Waals surface area contributed by atoms with Crippen molar-refractivity contribution in [1.29, 1.82) is 0 Å². The zero-order chi connectivity index (χ0) is 18.4. The summed E-state index contributed by atoms with van der Waals surface area (Å²) in [5.74, 6) is -1.16. The molecule has 0 fully saturated rings. The quantitative estimate of drug-likeness (QED) is 0.553. The van der Waals surface area contributed by atoms with Gasteiger partial charge in [-0.2, -0.15) is 0 Å². The predicted octanol–water partition coefficient (Wildman–Crippen LogP) is 4.89. The molecule has 5 nitrogen and oxygen atoms in total. The Morgan fingerprint density at radius 3 is 2.52 bits per heavy atom. The normalized spacial score (nSPS) is 10.7. The molecule has 0 atom stereocenters. The second kappa shape index (κ2) is 9.06. The topological polar surface area (TPSA) is 68.3 Å². The van der Waals surface area contributed by atoms with Crippen LogP contribution in [0.4, 0.5) is 5.82 Å². The van der Waals surface area contributed by atoms with Gasteiger partial charge in [0.25, 0.3) is 5.91 Å². The first-order valence-electron chi connectivity index (χ1n) is 6.76. The van der Waals surface area contributed by atoms with Crippen LogP contribution < -0.4 is 5.32 Å². The minimum atomic E-state index is -0.698. The van der Waals surface area contributed by atoms with Gasteiger partial charge in [0.2, 0.25) is 0 Å². The average molecular weight is 420 g/mol. The molecule has 25 heavy (non-hydrogen) atoms. The number of hydrogen-bond acceptors (Lipinski definition) is 4. The Morgan fingerprint density at radius 1 is 1.08 bits per heavy atom. The van der Waals surface area contributed by atoms with E-state index in [0.29, 0.717) is 20.6 Å². The minimum absolute atomic E-state index is 0.124. The van der Waals surface area contributed by atoms with Crippen LogP contribution in [-0.2, 0) is 14.3 Å². The number of nitrogens with one attached hydrogen (secondary N) is 1. The average Bonchev–Trinajstić information content (AvgIpc) is 2.56. The number of anilines is 1. The van der Waals surface area contributed by atoms with Gasteiger partial charge in [0.05, 0.1) is 20.1 Å². The number of esters is 1. The number of carbonyl (C=O) groups excluding carboxylic acids is 2. The van der Waals surface area contributed by atoms with Gasteiger partial charge < -0.3 is 10.1 Å². The highest BCUT2D eigenvalue weighted by molar-refractivity contribution is 6.42. The van der Waals surface area contributed by atoms with Crippen molar-refractivity contribution in [3.63, 3.8) is 0 Å². The molecule has 2 aromatic rings. The lowest BCUT2D eigenvalue weighted by Crippen LogP contribution is -2.20. The zero-order valence-electron chi connectivity index (χ0n) is 12.4. The van der Waals surface area contributed by atoms with Crippen LogP contribution in [-0.4, -0.2) is 23.5 Å². The van der Waals surface area contributed by atoms with Crippen LogP contribution >= 0.6 is 46.4 Å². The molecule has 0 bridgehead atoms. The Bertz CT molecular complexity index is 840. The van der Waals surface area contributed by atoms with Crippen LogP contribution in [0.15, 0.2) is 36.5 Å². The number of carbonyl (C=O) groups is 2. The summed E-state index contributed by atoms with van der Waals surface area (Å²) in [7, 11) is 0. The van der Waals surface area contributed by atoms with E-state index >= 15 is 0 Å². The summed E-state index contributed by atoms with van der Waals surface area (Å²) in [6.07, 6.45) is 3.98. The van der Waals surface area contributed by atoms with Crippen LogP contribution in [0.3, 0.4) is 0 Å². The molecule has 9 heteroatoms. The van der Waals surface area contributed by atoms with E-state index in [0.717, 1.165) is 0 Å².